The summed E-state index contributed by atoms with van der Waals surface area (Å²) >= 11 is 0. The van der Waals surface area contributed by atoms with E-state index in [1.54, 1.807) is 0 Å². The van der Waals surface area contributed by atoms with Gasteiger partial charge in [0.1, 0.15) is 18.9 Å². The Balaban J connectivity index is 2.96. The van der Waals surface area contributed by atoms with E-state index in [1.165, 1.54) is 0 Å². The lowest BCUT2D eigenvalue weighted by Crippen LogP contribution is -2.36. The molecule has 0 aromatic carbocycles. The average Bonchev–Trinajstić information content (AvgIpc) is 2.45. The Bertz CT molecular complexity index is 484. The smallest absolute Gasteiger partial charge is 0.417 e. The number of ether oxygens (including phenoxy) is 2. The summed E-state index contributed by atoms with van der Waals surface area (Å²) in [6.45, 7) is -0.687. The minimum atomic E-state index is -4.51. The molecule has 1 aromatic heterocycles. The van der Waals surface area contributed by atoms with Crippen LogP contribution in [-0.2, 0) is 25.2 Å². The van der Waals surface area contributed by atoms with Crippen molar-refractivity contribution < 1.29 is 32.2 Å². The van der Waals surface area contributed by atoms with Crippen LogP contribution in [0.2, 0.25) is 0 Å². The second-order valence-corrected chi connectivity index (χ2v) is 3.91. The highest BCUT2D eigenvalue weighted by Gasteiger charge is 2.31. The van der Waals surface area contributed by atoms with E-state index in [1.807, 2.05) is 0 Å². The van der Waals surface area contributed by atoms with Gasteiger partial charge >= 0.3 is 18.1 Å². The third-order valence-electron chi connectivity index (χ3n) is 2.49. The van der Waals surface area contributed by atoms with Crippen molar-refractivity contribution in [1.29, 1.82) is 0 Å². The van der Waals surface area contributed by atoms with Crippen LogP contribution >= 0.6 is 0 Å². The molecule has 0 fully saturated rings. The Morgan fingerprint density at radius 2 is 1.67 bits per heavy atom. The van der Waals surface area contributed by atoms with Crippen LogP contribution in [0.4, 0.5) is 19.0 Å². The molecule has 1 heterocycles. The number of hydrogen-bond acceptors (Lipinski definition) is 6. The zero-order valence-electron chi connectivity index (χ0n) is 11.3. The third-order valence-corrected chi connectivity index (χ3v) is 2.49. The number of alkyl halides is 3. The highest BCUT2D eigenvalue weighted by Crippen LogP contribution is 2.29. The number of rotatable bonds is 5. The molecule has 1 aromatic rings. The maximum absolute atomic E-state index is 12.4. The van der Waals surface area contributed by atoms with Gasteiger partial charge in [-0.05, 0) is 12.1 Å². The van der Waals surface area contributed by atoms with Gasteiger partial charge in [0.25, 0.3) is 0 Å². The van der Waals surface area contributed by atoms with Gasteiger partial charge in [-0.1, -0.05) is 0 Å². The SMILES string of the molecule is COC(=O)CN(CC(=O)OC)c1ccc(C(F)(F)F)cn1. The predicted molar refractivity (Wildman–Crippen MR) is 65.5 cm³/mol. The number of carbonyl (C=O) groups excluding carboxylic acids is 2. The van der Waals surface area contributed by atoms with Crippen LogP contribution in [0.15, 0.2) is 18.3 Å². The molecule has 0 N–H and O–H groups in total. The molecule has 0 saturated carbocycles. The van der Waals surface area contributed by atoms with Gasteiger partial charge in [0.05, 0.1) is 19.8 Å². The fourth-order valence-electron chi connectivity index (χ4n) is 1.40. The number of carbonyl (C=O) groups is 2. The van der Waals surface area contributed by atoms with Crippen molar-refractivity contribution >= 4 is 17.8 Å². The van der Waals surface area contributed by atoms with E-state index in [0.29, 0.717) is 6.20 Å². The van der Waals surface area contributed by atoms with Gasteiger partial charge in [0, 0.05) is 6.20 Å². The fourth-order valence-corrected chi connectivity index (χ4v) is 1.40. The Kier molecular flexibility index (Phi) is 5.51. The van der Waals surface area contributed by atoms with Gasteiger partial charge in [-0.25, -0.2) is 4.98 Å². The van der Waals surface area contributed by atoms with Gasteiger partial charge in [0.15, 0.2) is 0 Å². The summed E-state index contributed by atoms with van der Waals surface area (Å²) in [5.74, 6) is -1.31. The highest BCUT2D eigenvalue weighted by atomic mass is 19.4. The standard InChI is InChI=1S/C12H13F3N2O4/c1-20-10(18)6-17(7-11(19)21-2)9-4-3-8(5-16-9)12(13,14)15/h3-5H,6-7H2,1-2H3. The van der Waals surface area contributed by atoms with E-state index in [-0.39, 0.29) is 18.9 Å². The molecule has 6 nitrogen and oxygen atoms in total. The lowest BCUT2D eigenvalue weighted by atomic mass is 10.2. The molecular weight excluding hydrogens is 293 g/mol. The first kappa shape index (κ1) is 16.7. The van der Waals surface area contributed by atoms with Crippen molar-refractivity contribution in [3.05, 3.63) is 23.9 Å². The van der Waals surface area contributed by atoms with E-state index in [4.69, 9.17) is 0 Å². The number of hydrogen-bond donors (Lipinski definition) is 0. The Labute approximate surface area is 118 Å². The Morgan fingerprint density at radius 3 is 2.00 bits per heavy atom. The van der Waals surface area contributed by atoms with Crippen LogP contribution in [0.1, 0.15) is 5.56 Å². The molecule has 116 valence electrons. The van der Waals surface area contributed by atoms with Crippen molar-refractivity contribution in [3.63, 3.8) is 0 Å². The fraction of sp³-hybridized carbons (Fsp3) is 0.417. The summed E-state index contributed by atoms with van der Waals surface area (Å²) in [4.78, 5) is 27.3. The van der Waals surface area contributed by atoms with Crippen molar-refractivity contribution in [2.24, 2.45) is 0 Å². The maximum Gasteiger partial charge on any atom is 0.417 e. The molecular formula is C12H13F3N2O4. The zero-order chi connectivity index (χ0) is 16.0. The number of halogens is 3. The molecule has 0 aliphatic heterocycles. The van der Waals surface area contributed by atoms with E-state index >= 15 is 0 Å². The van der Waals surface area contributed by atoms with Gasteiger partial charge in [-0.3, -0.25) is 9.59 Å². The van der Waals surface area contributed by atoms with Gasteiger partial charge in [0.2, 0.25) is 0 Å². The van der Waals surface area contributed by atoms with Crippen molar-refractivity contribution in [1.82, 2.24) is 4.98 Å². The van der Waals surface area contributed by atoms with Crippen LogP contribution in [0.25, 0.3) is 0 Å². The van der Waals surface area contributed by atoms with Crippen molar-refractivity contribution in [3.8, 4) is 0 Å². The topological polar surface area (TPSA) is 68.7 Å². The molecule has 0 aliphatic carbocycles. The molecule has 0 unspecified atom stereocenters. The lowest BCUT2D eigenvalue weighted by Gasteiger charge is -2.21. The first-order valence-electron chi connectivity index (χ1n) is 5.69. The van der Waals surface area contributed by atoms with Gasteiger partial charge in [-0.15, -0.1) is 0 Å². The van der Waals surface area contributed by atoms with Crippen LogP contribution < -0.4 is 4.90 Å². The molecule has 0 aliphatic rings. The van der Waals surface area contributed by atoms with E-state index in [9.17, 15) is 22.8 Å². The van der Waals surface area contributed by atoms with Crippen LogP contribution in [0.3, 0.4) is 0 Å². The number of esters is 2. The second-order valence-electron chi connectivity index (χ2n) is 3.91. The number of pyridine rings is 1. The van der Waals surface area contributed by atoms with E-state index in [0.717, 1.165) is 31.3 Å². The average molecular weight is 306 g/mol. The summed E-state index contributed by atoms with van der Waals surface area (Å²) < 4.78 is 46.3. The summed E-state index contributed by atoms with van der Waals surface area (Å²) in [6, 6.07) is 1.87. The zero-order valence-corrected chi connectivity index (χ0v) is 11.3. The van der Waals surface area contributed by atoms with Gasteiger partial charge < -0.3 is 14.4 Å². The third kappa shape index (κ3) is 4.93. The van der Waals surface area contributed by atoms with E-state index < -0.39 is 23.7 Å². The lowest BCUT2D eigenvalue weighted by molar-refractivity contribution is -0.140. The number of nitrogens with zero attached hydrogens (tertiary/aromatic N) is 2. The van der Waals surface area contributed by atoms with Crippen molar-refractivity contribution in [2.75, 3.05) is 32.2 Å². The monoisotopic (exact) mass is 306 g/mol. The summed E-state index contributed by atoms with van der Waals surface area (Å²) in [5.41, 5.74) is -0.928. The van der Waals surface area contributed by atoms with E-state index in [2.05, 4.69) is 14.5 Å². The molecule has 0 spiro atoms. The molecule has 0 bridgehead atoms. The van der Waals surface area contributed by atoms with Crippen LogP contribution in [0, 0.1) is 0 Å². The van der Waals surface area contributed by atoms with Crippen LogP contribution in [-0.4, -0.2) is 44.2 Å². The number of methoxy groups -OCH3 is 2. The predicted octanol–water partition coefficient (Wildman–Crippen LogP) is 1.25. The quantitative estimate of drug-likeness (QED) is 0.763. The molecule has 9 heteroatoms. The first-order chi connectivity index (χ1) is 9.77. The summed E-state index contributed by atoms with van der Waals surface area (Å²) in [5, 5.41) is 0. The molecule has 0 radical (unpaired) electrons. The minimum Gasteiger partial charge on any atom is -0.468 e. The first-order valence-corrected chi connectivity index (χ1v) is 5.69. The molecule has 0 atom stereocenters. The molecule has 0 amide bonds. The second kappa shape index (κ2) is 6.91. The molecule has 0 saturated heterocycles. The molecule has 21 heavy (non-hydrogen) atoms. The summed E-state index contributed by atoms with van der Waals surface area (Å²) in [7, 11) is 2.30. The highest BCUT2D eigenvalue weighted by molar-refractivity contribution is 5.80. The maximum atomic E-state index is 12.4. The molecule has 1 rings (SSSR count). The van der Waals surface area contributed by atoms with Gasteiger partial charge in [-0.2, -0.15) is 13.2 Å². The Morgan fingerprint density at radius 1 is 1.14 bits per heavy atom. The normalized spacial score (nSPS) is 10.9. The Hall–Kier alpha value is -2.32. The largest absolute Gasteiger partial charge is 0.468 e. The number of anilines is 1. The summed E-state index contributed by atoms with van der Waals surface area (Å²) in [6.07, 6.45) is -3.89. The van der Waals surface area contributed by atoms with Crippen LogP contribution in [0.5, 0.6) is 0 Å². The number of aromatic nitrogens is 1. The minimum absolute atomic E-state index is 0.0267. The van der Waals surface area contributed by atoms with Crippen molar-refractivity contribution in [2.45, 2.75) is 6.18 Å².